The summed E-state index contributed by atoms with van der Waals surface area (Å²) in [5.74, 6) is 1.64. The molecule has 0 saturated carbocycles. The Balaban J connectivity index is 0.00000133. The van der Waals surface area contributed by atoms with Crippen molar-refractivity contribution in [2.75, 3.05) is 26.2 Å². The maximum absolute atomic E-state index is 12.4. The first-order valence-electron chi connectivity index (χ1n) is 6.80. The third-order valence-corrected chi connectivity index (χ3v) is 4.26. The van der Waals surface area contributed by atoms with E-state index in [2.05, 4.69) is 5.32 Å². The molecule has 104 valence electrons. The minimum Gasteiger partial charge on any atom is -0.338 e. The first-order chi connectivity index (χ1) is 8.74. The van der Waals surface area contributed by atoms with E-state index in [-0.39, 0.29) is 18.3 Å². The van der Waals surface area contributed by atoms with E-state index in [0.29, 0.717) is 5.92 Å². The summed E-state index contributed by atoms with van der Waals surface area (Å²) < 4.78 is 0. The quantitative estimate of drug-likeness (QED) is 0.854. The largest absolute Gasteiger partial charge is 0.338 e. The zero-order chi connectivity index (χ0) is 12.5. The number of piperidine rings is 1. The molecule has 0 spiro atoms. The highest BCUT2D eigenvalue weighted by Crippen LogP contribution is 2.27. The van der Waals surface area contributed by atoms with Crippen LogP contribution in [-0.2, 0) is 0 Å². The number of carbonyl (C=O) groups is 1. The molecule has 0 radical (unpaired) electrons. The van der Waals surface area contributed by atoms with Crippen LogP contribution in [0.1, 0.15) is 22.3 Å². The van der Waals surface area contributed by atoms with Gasteiger partial charge < -0.3 is 10.2 Å². The minimum absolute atomic E-state index is 0. The Morgan fingerprint density at radius 2 is 2.11 bits per heavy atom. The number of benzene rings is 1. The van der Waals surface area contributed by atoms with E-state index in [9.17, 15) is 4.79 Å². The number of hydrogen-bond donors (Lipinski definition) is 1. The summed E-state index contributed by atoms with van der Waals surface area (Å²) in [5, 5.41) is 3.43. The van der Waals surface area contributed by atoms with Crippen molar-refractivity contribution in [3.05, 3.63) is 35.4 Å². The summed E-state index contributed by atoms with van der Waals surface area (Å²) in [6.45, 7) is 6.07. The molecule has 1 aromatic rings. The normalized spacial score (nSPS) is 25.6. The highest BCUT2D eigenvalue weighted by Gasteiger charge is 2.34. The van der Waals surface area contributed by atoms with Gasteiger partial charge in [0, 0.05) is 18.7 Å². The van der Waals surface area contributed by atoms with Gasteiger partial charge in [-0.2, -0.15) is 0 Å². The minimum atomic E-state index is 0. The van der Waals surface area contributed by atoms with Crippen molar-refractivity contribution in [3.63, 3.8) is 0 Å². The molecular weight excluding hydrogens is 260 g/mol. The number of nitrogens with zero attached hydrogens (tertiary/aromatic N) is 1. The molecule has 3 rings (SSSR count). The van der Waals surface area contributed by atoms with Crippen molar-refractivity contribution in [2.24, 2.45) is 11.8 Å². The summed E-state index contributed by atoms with van der Waals surface area (Å²) in [6, 6.07) is 7.91. The second kappa shape index (κ2) is 5.93. The average molecular weight is 281 g/mol. The van der Waals surface area contributed by atoms with Crippen molar-refractivity contribution < 1.29 is 4.79 Å². The predicted octanol–water partition coefficient (Wildman–Crippen LogP) is 2.10. The van der Waals surface area contributed by atoms with Crippen LogP contribution in [-0.4, -0.2) is 37.0 Å². The second-order valence-electron chi connectivity index (χ2n) is 5.59. The average Bonchev–Trinajstić information content (AvgIpc) is 2.85. The Kier molecular flexibility index (Phi) is 4.48. The van der Waals surface area contributed by atoms with Crippen LogP contribution in [0, 0.1) is 18.8 Å². The molecule has 2 heterocycles. The number of amides is 1. The van der Waals surface area contributed by atoms with Gasteiger partial charge in [-0.1, -0.05) is 17.7 Å². The second-order valence-corrected chi connectivity index (χ2v) is 5.59. The van der Waals surface area contributed by atoms with E-state index < -0.39 is 0 Å². The van der Waals surface area contributed by atoms with E-state index in [1.807, 2.05) is 36.1 Å². The van der Waals surface area contributed by atoms with Gasteiger partial charge in [0.05, 0.1) is 0 Å². The molecule has 0 bridgehead atoms. The first-order valence-corrected chi connectivity index (χ1v) is 6.80. The van der Waals surface area contributed by atoms with Crippen molar-refractivity contribution >= 4 is 18.3 Å². The predicted molar refractivity (Wildman–Crippen MR) is 78.8 cm³/mol. The molecule has 2 atom stereocenters. The standard InChI is InChI=1S/C15H20N2O.ClH/c1-11-3-2-4-12(7-11)15(18)17-6-5-13-8-16-9-14(13)10-17;/h2-4,7,13-14,16H,5-6,8-10H2,1H3;1H. The molecule has 1 amide bonds. The molecule has 1 N–H and O–H groups in total. The van der Waals surface area contributed by atoms with Crippen LogP contribution in [0.15, 0.2) is 24.3 Å². The fourth-order valence-electron chi connectivity index (χ4n) is 3.18. The van der Waals surface area contributed by atoms with Crippen LogP contribution in [0.3, 0.4) is 0 Å². The van der Waals surface area contributed by atoms with Crippen molar-refractivity contribution in [2.45, 2.75) is 13.3 Å². The highest BCUT2D eigenvalue weighted by molar-refractivity contribution is 5.94. The van der Waals surface area contributed by atoms with Gasteiger partial charge in [0.15, 0.2) is 0 Å². The Bertz CT molecular complexity index is 463. The smallest absolute Gasteiger partial charge is 0.253 e. The van der Waals surface area contributed by atoms with E-state index in [4.69, 9.17) is 0 Å². The van der Waals surface area contributed by atoms with Crippen molar-refractivity contribution in [3.8, 4) is 0 Å². The molecule has 2 aliphatic rings. The first kappa shape index (κ1) is 14.4. The van der Waals surface area contributed by atoms with Gasteiger partial charge in [0.1, 0.15) is 0 Å². The molecule has 0 aliphatic carbocycles. The molecule has 0 aromatic heterocycles. The molecule has 3 nitrogen and oxygen atoms in total. The number of halogens is 1. The van der Waals surface area contributed by atoms with Crippen LogP contribution < -0.4 is 5.32 Å². The van der Waals surface area contributed by atoms with Crippen molar-refractivity contribution in [1.29, 1.82) is 0 Å². The summed E-state index contributed by atoms with van der Waals surface area (Å²) in [7, 11) is 0. The lowest BCUT2D eigenvalue weighted by Gasteiger charge is -2.34. The summed E-state index contributed by atoms with van der Waals surface area (Å²) in [5.41, 5.74) is 1.98. The molecule has 4 heteroatoms. The number of fused-ring (bicyclic) bond motifs is 1. The van der Waals surface area contributed by atoms with Crippen LogP contribution >= 0.6 is 12.4 Å². The lowest BCUT2D eigenvalue weighted by molar-refractivity contribution is 0.0642. The van der Waals surface area contributed by atoms with Gasteiger partial charge in [0.2, 0.25) is 0 Å². The zero-order valence-electron chi connectivity index (χ0n) is 11.3. The van der Waals surface area contributed by atoms with Crippen LogP contribution in [0.5, 0.6) is 0 Å². The van der Waals surface area contributed by atoms with E-state index >= 15 is 0 Å². The molecular formula is C15H21ClN2O. The Labute approximate surface area is 120 Å². The van der Waals surface area contributed by atoms with Crippen LogP contribution in [0.2, 0.25) is 0 Å². The SMILES string of the molecule is Cc1cccc(C(=O)N2CCC3CNCC3C2)c1.Cl. The third-order valence-electron chi connectivity index (χ3n) is 4.26. The monoisotopic (exact) mass is 280 g/mol. The van der Waals surface area contributed by atoms with E-state index in [0.717, 1.165) is 49.6 Å². The summed E-state index contributed by atoms with van der Waals surface area (Å²) in [4.78, 5) is 14.5. The number of carbonyl (C=O) groups excluding carboxylic acids is 1. The molecule has 1 aromatic carbocycles. The fourth-order valence-corrected chi connectivity index (χ4v) is 3.18. The number of nitrogens with one attached hydrogen (secondary N) is 1. The number of aryl methyl sites for hydroxylation is 1. The Morgan fingerprint density at radius 3 is 2.89 bits per heavy atom. The topological polar surface area (TPSA) is 32.3 Å². The van der Waals surface area contributed by atoms with E-state index in [1.54, 1.807) is 0 Å². The van der Waals surface area contributed by atoms with Gasteiger partial charge in [0.25, 0.3) is 5.91 Å². The van der Waals surface area contributed by atoms with Gasteiger partial charge in [-0.25, -0.2) is 0 Å². The zero-order valence-corrected chi connectivity index (χ0v) is 12.1. The van der Waals surface area contributed by atoms with Gasteiger partial charge in [-0.05, 0) is 50.4 Å². The maximum atomic E-state index is 12.4. The van der Waals surface area contributed by atoms with Gasteiger partial charge in [-0.15, -0.1) is 12.4 Å². The highest BCUT2D eigenvalue weighted by atomic mass is 35.5. The maximum Gasteiger partial charge on any atom is 0.253 e. The molecule has 19 heavy (non-hydrogen) atoms. The fraction of sp³-hybridized carbons (Fsp3) is 0.533. The van der Waals surface area contributed by atoms with Gasteiger partial charge in [-0.3, -0.25) is 4.79 Å². The Hall–Kier alpha value is -1.06. The lowest BCUT2D eigenvalue weighted by Crippen LogP contribution is -2.43. The van der Waals surface area contributed by atoms with Crippen LogP contribution in [0.4, 0.5) is 0 Å². The number of rotatable bonds is 1. The lowest BCUT2D eigenvalue weighted by atomic mass is 9.88. The number of hydrogen-bond acceptors (Lipinski definition) is 2. The van der Waals surface area contributed by atoms with Gasteiger partial charge >= 0.3 is 0 Å². The third kappa shape index (κ3) is 2.93. The molecule has 2 saturated heterocycles. The summed E-state index contributed by atoms with van der Waals surface area (Å²) >= 11 is 0. The summed E-state index contributed by atoms with van der Waals surface area (Å²) in [6.07, 6.45) is 1.15. The molecule has 2 aliphatic heterocycles. The van der Waals surface area contributed by atoms with E-state index in [1.165, 1.54) is 0 Å². The van der Waals surface area contributed by atoms with Crippen LogP contribution in [0.25, 0.3) is 0 Å². The molecule has 2 fully saturated rings. The Morgan fingerprint density at radius 1 is 1.32 bits per heavy atom. The van der Waals surface area contributed by atoms with Crippen molar-refractivity contribution in [1.82, 2.24) is 10.2 Å². The number of likely N-dealkylation sites (tertiary alicyclic amines) is 1. The molecule has 2 unspecified atom stereocenters.